The fourth-order valence-corrected chi connectivity index (χ4v) is 3.67. The van der Waals surface area contributed by atoms with Gasteiger partial charge in [0.05, 0.1) is 11.6 Å². The number of benzene rings is 2. The molecule has 1 saturated heterocycles. The van der Waals surface area contributed by atoms with Crippen molar-refractivity contribution in [3.63, 3.8) is 0 Å². The molecule has 1 aliphatic rings. The van der Waals surface area contributed by atoms with Crippen molar-refractivity contribution in [1.29, 1.82) is 0 Å². The molecular weight excluding hydrogens is 430 g/mol. The number of carbonyl (C=O) groups is 2. The summed E-state index contributed by atoms with van der Waals surface area (Å²) in [6.07, 6.45) is -4.56. The predicted octanol–water partition coefficient (Wildman–Crippen LogP) is 5.13. The molecule has 2 aromatic rings. The van der Waals surface area contributed by atoms with E-state index in [1.54, 1.807) is 18.2 Å². The first-order valence-corrected chi connectivity index (χ1v) is 9.02. The summed E-state index contributed by atoms with van der Waals surface area (Å²) in [5.74, 6) is -1.78. The third kappa shape index (κ3) is 4.49. The van der Waals surface area contributed by atoms with E-state index in [2.05, 4.69) is 22.5 Å². The van der Waals surface area contributed by atoms with Crippen LogP contribution >= 0.6 is 23.2 Å². The zero-order valence-corrected chi connectivity index (χ0v) is 16.1. The third-order valence-corrected chi connectivity index (χ3v) is 4.98. The van der Waals surface area contributed by atoms with Crippen LogP contribution in [0.1, 0.15) is 17.2 Å². The van der Waals surface area contributed by atoms with Gasteiger partial charge >= 0.3 is 12.2 Å². The molecule has 3 N–H and O–H groups in total. The van der Waals surface area contributed by atoms with Crippen molar-refractivity contribution >= 4 is 40.8 Å². The molecule has 3 rings (SSSR count). The number of halogens is 5. The Hall–Kier alpha value is -2.71. The number of alkyl halides is 3. The lowest BCUT2D eigenvalue weighted by Gasteiger charge is -2.34. The normalized spacial score (nSPS) is 19.3. The van der Waals surface area contributed by atoms with Crippen LogP contribution in [-0.4, -0.2) is 11.9 Å². The molecule has 5 nitrogen and oxygen atoms in total. The Kier molecular flexibility index (Phi) is 5.77. The second-order valence-electron chi connectivity index (χ2n) is 6.28. The monoisotopic (exact) mass is 443 g/mol. The molecule has 1 heterocycles. The molecule has 1 aliphatic heterocycles. The average molecular weight is 444 g/mol. The molecule has 2 aromatic carbocycles. The predicted molar refractivity (Wildman–Crippen MR) is 104 cm³/mol. The molecular formula is C19H14Cl2F3N3O2. The molecule has 0 aliphatic carbocycles. The van der Waals surface area contributed by atoms with Crippen molar-refractivity contribution in [3.05, 3.63) is 75.9 Å². The minimum atomic E-state index is -4.56. The summed E-state index contributed by atoms with van der Waals surface area (Å²) in [5, 5.41) is 7.84. The lowest BCUT2D eigenvalue weighted by molar-refractivity contribution is -0.137. The van der Waals surface area contributed by atoms with Gasteiger partial charge in [-0.05, 0) is 30.3 Å². The quantitative estimate of drug-likeness (QED) is 0.614. The van der Waals surface area contributed by atoms with E-state index in [1.165, 1.54) is 12.1 Å². The van der Waals surface area contributed by atoms with Crippen LogP contribution in [0.25, 0.3) is 0 Å². The van der Waals surface area contributed by atoms with Gasteiger partial charge in [0.25, 0.3) is 0 Å². The highest BCUT2D eigenvalue weighted by Crippen LogP contribution is 2.38. The molecule has 0 unspecified atom stereocenters. The van der Waals surface area contributed by atoms with Gasteiger partial charge in [0.2, 0.25) is 5.91 Å². The molecule has 0 aromatic heterocycles. The van der Waals surface area contributed by atoms with E-state index in [0.29, 0.717) is 5.56 Å². The Morgan fingerprint density at radius 3 is 2.34 bits per heavy atom. The van der Waals surface area contributed by atoms with Crippen LogP contribution in [0.3, 0.4) is 0 Å². The number of urea groups is 1. The van der Waals surface area contributed by atoms with Gasteiger partial charge in [-0.3, -0.25) is 4.79 Å². The first-order chi connectivity index (χ1) is 13.6. The minimum absolute atomic E-state index is 0.0548. The number of hydrogen-bond acceptors (Lipinski definition) is 2. The molecule has 3 amide bonds. The maximum atomic E-state index is 12.9. The van der Waals surface area contributed by atoms with Gasteiger partial charge in [0.1, 0.15) is 5.92 Å². The molecule has 29 heavy (non-hydrogen) atoms. The fourth-order valence-electron chi connectivity index (χ4n) is 3.03. The van der Waals surface area contributed by atoms with Crippen LogP contribution in [0.2, 0.25) is 10.0 Å². The second-order valence-corrected chi connectivity index (χ2v) is 7.10. The zero-order valence-electron chi connectivity index (χ0n) is 14.6. The van der Waals surface area contributed by atoms with Crippen LogP contribution in [0.15, 0.2) is 54.7 Å². The number of carbonyl (C=O) groups excluding carboxylic acids is 2. The summed E-state index contributed by atoms with van der Waals surface area (Å²) in [5.41, 5.74) is -0.608. The van der Waals surface area contributed by atoms with Crippen molar-refractivity contribution in [3.8, 4) is 0 Å². The number of rotatable bonds is 3. The lowest BCUT2D eigenvalue weighted by Crippen LogP contribution is -2.52. The molecule has 152 valence electrons. The second kappa shape index (κ2) is 7.96. The van der Waals surface area contributed by atoms with E-state index in [0.717, 1.165) is 12.1 Å². The van der Waals surface area contributed by atoms with Gasteiger partial charge in [0.15, 0.2) is 0 Å². The van der Waals surface area contributed by atoms with Gasteiger partial charge in [-0.25, -0.2) is 4.79 Å². The summed E-state index contributed by atoms with van der Waals surface area (Å²) < 4.78 is 38.8. The molecule has 10 heteroatoms. The van der Waals surface area contributed by atoms with E-state index in [-0.39, 0.29) is 21.4 Å². The molecule has 0 radical (unpaired) electrons. The zero-order chi connectivity index (χ0) is 21.3. The van der Waals surface area contributed by atoms with Gasteiger partial charge in [-0.2, -0.15) is 13.2 Å². The maximum Gasteiger partial charge on any atom is 0.416 e. The Balaban J connectivity index is 1.95. The standard InChI is InChI=1S/C19H14Cl2F3N3O2/c1-9-14(17(28)26-11-5-2-4-10(8-11)19(22,23)24)16(27-18(29)25-9)15-12(20)6-3-7-13(15)21/h2-8,14,16H,1H2,(H,26,28)(H2,25,27,29)/t14-,16+/m1/s1. The van der Waals surface area contributed by atoms with Crippen LogP contribution in [0.5, 0.6) is 0 Å². The molecule has 2 atom stereocenters. The van der Waals surface area contributed by atoms with Gasteiger partial charge < -0.3 is 16.0 Å². The lowest BCUT2D eigenvalue weighted by atomic mass is 9.88. The summed E-state index contributed by atoms with van der Waals surface area (Å²) in [6, 6.07) is 7.31. The number of anilines is 1. The van der Waals surface area contributed by atoms with Crippen LogP contribution in [0, 0.1) is 5.92 Å². The van der Waals surface area contributed by atoms with Crippen molar-refractivity contribution in [2.24, 2.45) is 5.92 Å². The number of amides is 3. The Labute approximate surface area is 173 Å². The van der Waals surface area contributed by atoms with E-state index in [1.807, 2.05) is 0 Å². The SMILES string of the molecule is C=C1NC(=O)N[C@H](c2c(Cl)cccc2Cl)[C@@H]1C(=O)Nc1cccc(C(F)(F)F)c1. The van der Waals surface area contributed by atoms with E-state index in [4.69, 9.17) is 23.2 Å². The van der Waals surface area contributed by atoms with Crippen LogP contribution in [0.4, 0.5) is 23.7 Å². The highest BCUT2D eigenvalue weighted by Gasteiger charge is 2.40. The summed E-state index contributed by atoms with van der Waals surface area (Å²) in [4.78, 5) is 24.9. The van der Waals surface area contributed by atoms with E-state index < -0.39 is 35.6 Å². The van der Waals surface area contributed by atoms with E-state index in [9.17, 15) is 22.8 Å². The van der Waals surface area contributed by atoms with Crippen molar-refractivity contribution < 1.29 is 22.8 Å². The fraction of sp³-hybridized carbons (Fsp3) is 0.158. The largest absolute Gasteiger partial charge is 0.416 e. The number of nitrogens with one attached hydrogen (secondary N) is 3. The average Bonchev–Trinajstić information content (AvgIpc) is 2.60. The van der Waals surface area contributed by atoms with E-state index >= 15 is 0 Å². The van der Waals surface area contributed by atoms with Crippen LogP contribution in [-0.2, 0) is 11.0 Å². The highest BCUT2D eigenvalue weighted by molar-refractivity contribution is 6.36. The van der Waals surface area contributed by atoms with Crippen molar-refractivity contribution in [1.82, 2.24) is 10.6 Å². The molecule has 0 saturated carbocycles. The smallest absolute Gasteiger partial charge is 0.330 e. The summed E-state index contributed by atoms with van der Waals surface area (Å²) in [6.45, 7) is 3.70. The van der Waals surface area contributed by atoms with Crippen molar-refractivity contribution in [2.45, 2.75) is 12.2 Å². The topological polar surface area (TPSA) is 70.2 Å². The first kappa shape index (κ1) is 21.0. The molecule has 0 bridgehead atoms. The van der Waals surface area contributed by atoms with Crippen molar-refractivity contribution in [2.75, 3.05) is 5.32 Å². The molecule has 1 fully saturated rings. The Bertz CT molecular complexity index is 975. The highest BCUT2D eigenvalue weighted by atomic mass is 35.5. The van der Waals surface area contributed by atoms with Crippen LogP contribution < -0.4 is 16.0 Å². The molecule has 0 spiro atoms. The first-order valence-electron chi connectivity index (χ1n) is 8.26. The van der Waals surface area contributed by atoms with Gasteiger partial charge in [0, 0.05) is 27.0 Å². The summed E-state index contributed by atoms with van der Waals surface area (Å²) in [7, 11) is 0. The minimum Gasteiger partial charge on any atom is -0.330 e. The van der Waals surface area contributed by atoms with Gasteiger partial charge in [-0.15, -0.1) is 0 Å². The van der Waals surface area contributed by atoms with Gasteiger partial charge in [-0.1, -0.05) is 41.9 Å². The number of hydrogen-bond donors (Lipinski definition) is 3. The third-order valence-electron chi connectivity index (χ3n) is 4.32. The maximum absolute atomic E-state index is 12.9. The summed E-state index contributed by atoms with van der Waals surface area (Å²) >= 11 is 12.4. The Morgan fingerprint density at radius 2 is 1.72 bits per heavy atom. The Morgan fingerprint density at radius 1 is 1.10 bits per heavy atom.